The summed E-state index contributed by atoms with van der Waals surface area (Å²) in [5.74, 6) is 5.79. The highest BCUT2D eigenvalue weighted by atomic mass is 32.2. The lowest BCUT2D eigenvalue weighted by atomic mass is 9.95. The molecular weight excluding hydrogens is 466 g/mol. The average molecular weight is 514 g/mol. The second kappa shape index (κ2) is 11.1. The van der Waals surface area contributed by atoms with Gasteiger partial charge in [0.25, 0.3) is 0 Å². The molecule has 6 heteroatoms. The lowest BCUT2D eigenvalue weighted by Crippen LogP contribution is -2.53. The van der Waals surface area contributed by atoms with Crippen molar-refractivity contribution >= 4 is 15.6 Å². The number of piperidine rings is 3. The second-order valence-corrected chi connectivity index (χ2v) is 14.0. The van der Waals surface area contributed by atoms with E-state index >= 15 is 0 Å². The van der Waals surface area contributed by atoms with Gasteiger partial charge in [-0.25, -0.2) is 8.51 Å². The molecule has 5 rings (SSSR count). The molecule has 36 heavy (non-hydrogen) atoms. The lowest BCUT2D eigenvalue weighted by Gasteiger charge is -2.46. The van der Waals surface area contributed by atoms with Crippen molar-refractivity contribution in [2.45, 2.75) is 107 Å². The molecule has 1 saturated carbocycles. The molecule has 5 atom stereocenters. The highest BCUT2D eigenvalue weighted by Gasteiger charge is 2.44. The van der Waals surface area contributed by atoms with Gasteiger partial charge in [-0.2, -0.15) is 0 Å². The number of nitrogens with zero attached hydrogens (tertiary/aromatic N) is 3. The van der Waals surface area contributed by atoms with E-state index in [1.807, 2.05) is 12.1 Å². The minimum atomic E-state index is -2.58. The smallest absolute Gasteiger partial charge is 0.182 e. The Morgan fingerprint density at radius 1 is 1.00 bits per heavy atom. The fourth-order valence-corrected chi connectivity index (χ4v) is 9.08. The summed E-state index contributed by atoms with van der Waals surface area (Å²) in [6.07, 6.45) is 12.2. The molecule has 0 amide bonds. The van der Waals surface area contributed by atoms with Gasteiger partial charge in [-0.3, -0.25) is 0 Å². The predicted molar refractivity (Wildman–Crippen MR) is 150 cm³/mol. The third kappa shape index (κ3) is 5.66. The van der Waals surface area contributed by atoms with Gasteiger partial charge in [-0.05, 0) is 109 Å². The summed E-state index contributed by atoms with van der Waals surface area (Å²) in [7, 11) is -2.58. The van der Waals surface area contributed by atoms with E-state index < -0.39 is 9.71 Å². The maximum atomic E-state index is 14.3. The number of benzene rings is 1. The summed E-state index contributed by atoms with van der Waals surface area (Å²) in [5, 5.41) is 0. The van der Waals surface area contributed by atoms with Crippen LogP contribution >= 0.6 is 0 Å². The van der Waals surface area contributed by atoms with Gasteiger partial charge in [0, 0.05) is 29.6 Å². The van der Waals surface area contributed by atoms with Crippen molar-refractivity contribution in [2.75, 3.05) is 26.2 Å². The van der Waals surface area contributed by atoms with Gasteiger partial charge in [0.1, 0.15) is 6.61 Å². The van der Waals surface area contributed by atoms with Crippen LogP contribution in [0.2, 0.25) is 0 Å². The number of ether oxygens (including phenoxy) is 1. The number of aryl methyl sites for hydroxylation is 1. The summed E-state index contributed by atoms with van der Waals surface area (Å²) in [6, 6.07) is 9.70. The lowest BCUT2D eigenvalue weighted by molar-refractivity contribution is 0.0124. The molecule has 200 valence electrons. The molecule has 5 unspecified atom stereocenters. The molecule has 3 aliphatic heterocycles. The fraction of sp³-hybridized carbons (Fsp3) is 0.700. The standard InChI is InChI=1S/C30H47N3O2S/c1-23-11-15-29(16-12-23)36(4,34)33-28(9-8-10-30(33)26-13-14-26)22-35-25(3)32-20-17-27(21-24(32)2)31-18-6-5-7-19-31/h11-12,15-16,24,26-28,30H,3-10,13-14,17-22H2,1-2H3. The summed E-state index contributed by atoms with van der Waals surface area (Å²) in [5.41, 5.74) is 1.18. The first-order chi connectivity index (χ1) is 17.3. The molecular formula is C30H47N3O2S. The van der Waals surface area contributed by atoms with E-state index in [4.69, 9.17) is 4.74 Å². The van der Waals surface area contributed by atoms with Gasteiger partial charge < -0.3 is 14.5 Å². The van der Waals surface area contributed by atoms with E-state index in [1.165, 1.54) is 70.0 Å². The molecule has 1 aromatic carbocycles. The van der Waals surface area contributed by atoms with Crippen molar-refractivity contribution in [3.05, 3.63) is 42.3 Å². The van der Waals surface area contributed by atoms with E-state index in [0.29, 0.717) is 30.7 Å². The Morgan fingerprint density at radius 2 is 1.72 bits per heavy atom. The summed E-state index contributed by atoms with van der Waals surface area (Å²) in [4.78, 5) is 5.93. The maximum absolute atomic E-state index is 14.3. The Balaban J connectivity index is 1.24. The number of rotatable bonds is 8. The van der Waals surface area contributed by atoms with Crippen LogP contribution in [0.4, 0.5) is 0 Å². The summed E-state index contributed by atoms with van der Waals surface area (Å²) in [6.45, 7) is 12.8. The second-order valence-electron chi connectivity index (χ2n) is 11.8. The molecule has 1 aromatic rings. The first-order valence-corrected chi connectivity index (χ1v) is 16.1. The molecule has 0 bridgehead atoms. The number of hydrogen-bond donors (Lipinski definition) is 0. The average Bonchev–Trinajstić information content (AvgIpc) is 3.73. The van der Waals surface area contributed by atoms with Crippen LogP contribution in [0.3, 0.4) is 0 Å². The Hall–Kier alpha value is -1.50. The predicted octanol–water partition coefficient (Wildman–Crippen LogP) is 5.45. The van der Waals surface area contributed by atoms with Crippen LogP contribution in [0, 0.1) is 12.8 Å². The quantitative estimate of drug-likeness (QED) is 0.342. The van der Waals surface area contributed by atoms with Crippen LogP contribution < -0.4 is 0 Å². The highest BCUT2D eigenvalue weighted by molar-refractivity contribution is 7.98. The number of hydrogen-bond acceptors (Lipinski definition) is 4. The molecule has 0 radical (unpaired) electrons. The molecule has 0 spiro atoms. The van der Waals surface area contributed by atoms with E-state index in [0.717, 1.165) is 30.2 Å². The molecule has 3 heterocycles. The molecule has 1 aliphatic carbocycles. The van der Waals surface area contributed by atoms with Gasteiger partial charge in [0.05, 0.1) is 15.7 Å². The van der Waals surface area contributed by atoms with Crippen molar-refractivity contribution in [2.24, 2.45) is 5.92 Å². The molecule has 4 aliphatic rings. The van der Waals surface area contributed by atoms with Gasteiger partial charge >= 0.3 is 0 Å². The summed E-state index contributed by atoms with van der Waals surface area (Å²) >= 11 is 0. The first-order valence-electron chi connectivity index (χ1n) is 14.4. The van der Waals surface area contributed by atoms with Crippen molar-refractivity contribution in [3.8, 4) is 0 Å². The normalized spacial score (nSPS) is 32.1. The van der Waals surface area contributed by atoms with Crippen molar-refractivity contribution < 1.29 is 8.95 Å². The number of likely N-dealkylation sites (tertiary alicyclic amines) is 2. The van der Waals surface area contributed by atoms with Crippen molar-refractivity contribution in [1.29, 1.82) is 0 Å². The third-order valence-electron chi connectivity index (χ3n) is 9.14. The Bertz CT molecular complexity index is 998. The molecule has 3 saturated heterocycles. The van der Waals surface area contributed by atoms with Crippen LogP contribution in [0.25, 0.3) is 0 Å². The van der Waals surface area contributed by atoms with Crippen LogP contribution in [0.5, 0.6) is 0 Å². The minimum absolute atomic E-state index is 0.105. The SMILES string of the molecule is C=C(OCC1CCCC(C2CC2)N1S(=C)(=O)c1ccc(C)cc1)N1CCC(N2CCCCC2)CC1C. The third-order valence-corrected chi connectivity index (χ3v) is 11.4. The molecule has 5 nitrogen and oxygen atoms in total. The zero-order valence-corrected chi connectivity index (χ0v) is 23.4. The van der Waals surface area contributed by atoms with E-state index in [9.17, 15) is 4.21 Å². The van der Waals surface area contributed by atoms with E-state index in [1.54, 1.807) is 0 Å². The Kier molecular flexibility index (Phi) is 8.04. The van der Waals surface area contributed by atoms with Crippen LogP contribution in [-0.2, 0) is 14.4 Å². The summed E-state index contributed by atoms with van der Waals surface area (Å²) < 4.78 is 23.0. The van der Waals surface area contributed by atoms with E-state index in [2.05, 4.69) is 52.5 Å². The van der Waals surface area contributed by atoms with Crippen molar-refractivity contribution in [1.82, 2.24) is 14.1 Å². The molecule has 0 aromatic heterocycles. The van der Waals surface area contributed by atoms with E-state index in [-0.39, 0.29) is 6.04 Å². The van der Waals surface area contributed by atoms with Gasteiger partial charge in [-0.1, -0.05) is 30.5 Å². The fourth-order valence-electron chi connectivity index (χ4n) is 6.91. The van der Waals surface area contributed by atoms with Gasteiger partial charge in [0.2, 0.25) is 0 Å². The van der Waals surface area contributed by atoms with Gasteiger partial charge in [0.15, 0.2) is 5.88 Å². The topological polar surface area (TPSA) is 36.0 Å². The first kappa shape index (κ1) is 26.1. The molecule has 0 N–H and O–H groups in total. The van der Waals surface area contributed by atoms with Crippen LogP contribution in [0.1, 0.15) is 76.7 Å². The van der Waals surface area contributed by atoms with Crippen molar-refractivity contribution in [3.63, 3.8) is 0 Å². The largest absolute Gasteiger partial charge is 0.478 e. The molecule has 4 fully saturated rings. The zero-order valence-electron chi connectivity index (χ0n) is 22.6. The Labute approximate surface area is 220 Å². The van der Waals surface area contributed by atoms with Crippen LogP contribution in [0.15, 0.2) is 41.6 Å². The zero-order chi connectivity index (χ0) is 25.3. The monoisotopic (exact) mass is 513 g/mol. The highest BCUT2D eigenvalue weighted by Crippen LogP contribution is 2.43. The Morgan fingerprint density at radius 3 is 2.39 bits per heavy atom. The minimum Gasteiger partial charge on any atom is -0.478 e. The van der Waals surface area contributed by atoms with Crippen LogP contribution in [-0.4, -0.2) is 74.6 Å². The van der Waals surface area contributed by atoms with Gasteiger partial charge in [-0.15, -0.1) is 0 Å². The maximum Gasteiger partial charge on any atom is 0.182 e.